The van der Waals surface area contributed by atoms with E-state index >= 15 is 0 Å². The number of halogens is 2. The fourth-order valence-electron chi connectivity index (χ4n) is 4.16. The quantitative estimate of drug-likeness (QED) is 0.518. The first-order chi connectivity index (χ1) is 12.0. The Morgan fingerprint density at radius 1 is 1.04 bits per heavy atom. The van der Waals surface area contributed by atoms with Crippen LogP contribution in [0.15, 0.2) is 0 Å². The van der Waals surface area contributed by atoms with Crippen molar-refractivity contribution in [2.45, 2.75) is 50.7 Å². The second kappa shape index (κ2) is 8.16. The molecule has 2 aliphatic carbocycles. The van der Waals surface area contributed by atoms with Crippen LogP contribution in [0.2, 0.25) is 0 Å². The van der Waals surface area contributed by atoms with Crippen molar-refractivity contribution >= 4 is 22.1 Å². The number of fused-ring (bicyclic) bond motifs is 2. The normalized spacial score (nSPS) is 29.1. The van der Waals surface area contributed by atoms with Crippen molar-refractivity contribution in [3.63, 3.8) is 0 Å². The molecule has 0 aliphatic heterocycles. The topological polar surface area (TPSA) is 107 Å². The highest BCUT2D eigenvalue weighted by Crippen LogP contribution is 2.45. The Morgan fingerprint density at radius 2 is 1.58 bits per heavy atom. The lowest BCUT2D eigenvalue weighted by Gasteiger charge is -2.42. The average Bonchev–Trinajstić information content (AvgIpc) is 2.55. The van der Waals surface area contributed by atoms with Crippen LogP contribution in [-0.2, 0) is 29.2 Å². The maximum absolute atomic E-state index is 13.0. The highest BCUT2D eigenvalue weighted by molar-refractivity contribution is 7.87. The summed E-state index contributed by atoms with van der Waals surface area (Å²) in [5.74, 6) is -1.38. The van der Waals surface area contributed by atoms with Crippen molar-refractivity contribution in [2.75, 3.05) is 13.2 Å². The fourth-order valence-corrected chi connectivity index (χ4v) is 4.43. The number of carbonyl (C=O) groups excluding carboxylic acids is 2. The molecule has 2 bridgehead atoms. The van der Waals surface area contributed by atoms with Gasteiger partial charge in [0.25, 0.3) is 0 Å². The Kier molecular flexibility index (Phi) is 6.60. The van der Waals surface area contributed by atoms with Crippen molar-refractivity contribution in [1.29, 1.82) is 0 Å². The molecule has 0 saturated heterocycles. The highest BCUT2D eigenvalue weighted by Gasteiger charge is 2.54. The number of alkyl halides is 2. The van der Waals surface area contributed by atoms with Crippen LogP contribution < -0.4 is 0 Å². The van der Waals surface area contributed by atoms with Gasteiger partial charge in [-0.1, -0.05) is 13.3 Å². The Morgan fingerprint density at radius 3 is 2.08 bits per heavy atom. The van der Waals surface area contributed by atoms with E-state index in [0.29, 0.717) is 11.8 Å². The van der Waals surface area contributed by atoms with Gasteiger partial charge in [-0.2, -0.15) is 17.2 Å². The second-order valence-corrected chi connectivity index (χ2v) is 8.76. The standard InChI is InChI=1S/C16H24F2O7S/c1-2-10-3-11-5-12(4-10)7-13(6-11)8-24-14(19)9-25-15(20)16(17,18)26(21,22)23/h10-13H,2-9H2,1H3,(H,21,22,23). The minimum Gasteiger partial charge on any atom is -0.463 e. The van der Waals surface area contributed by atoms with Crippen LogP contribution in [0.5, 0.6) is 0 Å². The molecular weight excluding hydrogens is 374 g/mol. The van der Waals surface area contributed by atoms with E-state index in [1.54, 1.807) is 0 Å². The zero-order valence-electron chi connectivity index (χ0n) is 14.5. The molecule has 2 unspecified atom stereocenters. The highest BCUT2D eigenvalue weighted by atomic mass is 32.2. The lowest BCUT2D eigenvalue weighted by molar-refractivity contribution is -0.170. The monoisotopic (exact) mass is 398 g/mol. The van der Waals surface area contributed by atoms with Crippen LogP contribution in [0, 0.1) is 23.7 Å². The van der Waals surface area contributed by atoms with E-state index in [-0.39, 0.29) is 12.5 Å². The molecule has 2 saturated carbocycles. The molecule has 0 heterocycles. The molecule has 150 valence electrons. The van der Waals surface area contributed by atoms with Gasteiger partial charge in [0.2, 0.25) is 0 Å². The third kappa shape index (κ3) is 5.12. The molecule has 10 heteroatoms. The maximum Gasteiger partial charge on any atom is 0.465 e. The first-order valence-electron chi connectivity index (χ1n) is 8.70. The molecule has 7 nitrogen and oxygen atoms in total. The van der Waals surface area contributed by atoms with Crippen LogP contribution in [0.1, 0.15) is 45.4 Å². The van der Waals surface area contributed by atoms with E-state index < -0.39 is 33.9 Å². The van der Waals surface area contributed by atoms with Crippen LogP contribution >= 0.6 is 0 Å². The molecular formula is C16H24F2O7S. The van der Waals surface area contributed by atoms with Crippen LogP contribution in [-0.4, -0.2) is 43.4 Å². The molecule has 0 aromatic rings. The molecule has 2 atom stereocenters. The van der Waals surface area contributed by atoms with Crippen LogP contribution in [0.4, 0.5) is 8.78 Å². The number of hydrogen-bond acceptors (Lipinski definition) is 6. The van der Waals surface area contributed by atoms with Gasteiger partial charge >= 0.3 is 27.3 Å². The smallest absolute Gasteiger partial charge is 0.463 e. The number of hydrogen-bond donors (Lipinski definition) is 1. The summed E-state index contributed by atoms with van der Waals surface area (Å²) in [5, 5.41) is -5.12. The van der Waals surface area contributed by atoms with E-state index in [2.05, 4.69) is 11.7 Å². The summed E-state index contributed by atoms with van der Waals surface area (Å²) in [7, 11) is -5.95. The first-order valence-corrected chi connectivity index (χ1v) is 10.1. The van der Waals surface area contributed by atoms with Crippen LogP contribution in [0.3, 0.4) is 0 Å². The molecule has 2 fully saturated rings. The van der Waals surface area contributed by atoms with Gasteiger partial charge in [-0.3, -0.25) is 4.55 Å². The summed E-state index contributed by atoms with van der Waals surface area (Å²) in [6.07, 6.45) is 6.62. The van der Waals surface area contributed by atoms with Gasteiger partial charge in [0, 0.05) is 0 Å². The molecule has 26 heavy (non-hydrogen) atoms. The van der Waals surface area contributed by atoms with Gasteiger partial charge in [0.05, 0.1) is 6.61 Å². The number of ether oxygens (including phenoxy) is 2. The zero-order valence-corrected chi connectivity index (χ0v) is 15.3. The molecule has 0 amide bonds. The second-order valence-electron chi connectivity index (χ2n) is 7.30. The van der Waals surface area contributed by atoms with Crippen molar-refractivity contribution in [2.24, 2.45) is 23.7 Å². The SMILES string of the molecule is CCC1CC2CC(COC(=O)COC(=O)C(F)(F)S(=O)(=O)O)CC(C1)C2. The van der Waals surface area contributed by atoms with E-state index in [1.165, 1.54) is 25.7 Å². The Hall–Kier alpha value is -1.29. The summed E-state index contributed by atoms with van der Waals surface area (Å²) >= 11 is 0. The molecule has 0 aromatic carbocycles. The molecule has 0 radical (unpaired) electrons. The van der Waals surface area contributed by atoms with Crippen molar-refractivity contribution < 1.29 is 40.8 Å². The van der Waals surface area contributed by atoms with E-state index in [9.17, 15) is 26.8 Å². The summed E-state index contributed by atoms with van der Waals surface area (Å²) < 4.78 is 63.9. The predicted octanol–water partition coefficient (Wildman–Crippen LogP) is 2.41. The van der Waals surface area contributed by atoms with Crippen molar-refractivity contribution in [3.05, 3.63) is 0 Å². The minimum absolute atomic E-state index is 0.120. The lowest BCUT2D eigenvalue weighted by atomic mass is 9.64. The first kappa shape index (κ1) is 21.0. The van der Waals surface area contributed by atoms with Crippen molar-refractivity contribution in [1.82, 2.24) is 0 Å². The number of rotatable bonds is 7. The number of carbonyl (C=O) groups is 2. The minimum atomic E-state index is -5.95. The van der Waals surface area contributed by atoms with Crippen LogP contribution in [0.25, 0.3) is 0 Å². The van der Waals surface area contributed by atoms with Gasteiger partial charge in [0.1, 0.15) is 0 Å². The zero-order chi connectivity index (χ0) is 19.5. The van der Waals surface area contributed by atoms with Gasteiger partial charge in [-0.25, -0.2) is 9.59 Å². The van der Waals surface area contributed by atoms with Gasteiger partial charge in [-0.05, 0) is 55.8 Å². The predicted molar refractivity (Wildman–Crippen MR) is 85.7 cm³/mol. The summed E-state index contributed by atoms with van der Waals surface area (Å²) in [4.78, 5) is 22.5. The average molecular weight is 398 g/mol. The summed E-state index contributed by atoms with van der Waals surface area (Å²) in [5.41, 5.74) is 0. The maximum atomic E-state index is 13.0. The van der Waals surface area contributed by atoms with E-state index in [4.69, 9.17) is 9.29 Å². The van der Waals surface area contributed by atoms with Crippen molar-refractivity contribution in [3.8, 4) is 0 Å². The summed E-state index contributed by atoms with van der Waals surface area (Å²) in [6.45, 7) is 1.17. The lowest BCUT2D eigenvalue weighted by Crippen LogP contribution is -2.40. The molecule has 2 rings (SSSR count). The number of esters is 2. The molecule has 1 N–H and O–H groups in total. The Balaban J connectivity index is 1.74. The Labute approximate surface area is 151 Å². The van der Waals surface area contributed by atoms with Gasteiger partial charge in [0.15, 0.2) is 6.61 Å². The molecule has 2 aliphatic rings. The third-order valence-corrected chi connectivity index (χ3v) is 6.09. The molecule has 0 aromatic heterocycles. The fraction of sp³-hybridized carbons (Fsp3) is 0.875. The molecule has 0 spiro atoms. The third-order valence-electron chi connectivity index (χ3n) is 5.27. The van der Waals surface area contributed by atoms with E-state index in [1.807, 2.05) is 0 Å². The van der Waals surface area contributed by atoms with Gasteiger partial charge in [-0.15, -0.1) is 0 Å². The van der Waals surface area contributed by atoms with E-state index in [0.717, 1.165) is 18.8 Å². The Bertz CT molecular complexity index is 621. The van der Waals surface area contributed by atoms with Gasteiger partial charge < -0.3 is 9.47 Å². The largest absolute Gasteiger partial charge is 0.465 e. The summed E-state index contributed by atoms with van der Waals surface area (Å²) in [6, 6.07) is 0.